The van der Waals surface area contributed by atoms with Crippen LogP contribution in [0.15, 0.2) is 46.7 Å². The van der Waals surface area contributed by atoms with Crippen molar-refractivity contribution >= 4 is 58.0 Å². The van der Waals surface area contributed by atoms with Crippen molar-refractivity contribution < 1.29 is 190 Å². The van der Waals surface area contributed by atoms with Gasteiger partial charge in [0.15, 0.2) is 31.3 Å². The summed E-state index contributed by atoms with van der Waals surface area (Å²) in [6, 6.07) is 7.39. The van der Waals surface area contributed by atoms with Gasteiger partial charge < -0.3 is 39.7 Å². The van der Waals surface area contributed by atoms with Crippen molar-refractivity contribution in [3.63, 3.8) is 0 Å². The number of ether oxygens (including phenoxy) is 4. The molecule has 4 aromatic heterocycles. The first kappa shape index (κ1) is 58.1. The second-order valence-electron chi connectivity index (χ2n) is 12.9. The van der Waals surface area contributed by atoms with Crippen molar-refractivity contribution in [3.8, 4) is 35.2 Å². The Morgan fingerprint density at radius 3 is 1.58 bits per heavy atom. The summed E-state index contributed by atoms with van der Waals surface area (Å²) in [6.07, 6.45) is 6.80. The van der Waals surface area contributed by atoms with Crippen LogP contribution in [0.4, 0.5) is 0 Å². The van der Waals surface area contributed by atoms with Crippen LogP contribution in [0.2, 0.25) is 0 Å². The second kappa shape index (κ2) is 27.7. The fraction of sp³-hybridized carbons (Fsp3) is 0.486. The number of pyridine rings is 2. The van der Waals surface area contributed by atoms with Gasteiger partial charge in [-0.15, -0.1) is 0 Å². The van der Waals surface area contributed by atoms with E-state index in [0.717, 1.165) is 23.5 Å². The summed E-state index contributed by atoms with van der Waals surface area (Å²) in [5, 5.41) is 28.8. The monoisotopic (exact) mass is 1260 g/mol. The third-order valence-electron chi connectivity index (χ3n) is 9.30. The Labute approximate surface area is 496 Å². The number of imidazole rings is 2. The molecule has 4 aromatic rings. The van der Waals surface area contributed by atoms with Crippen molar-refractivity contribution in [3.05, 3.63) is 59.4 Å². The largest absolute Gasteiger partial charge is 1.00 e. The minimum Gasteiger partial charge on any atom is -1.00 e. The predicted molar refractivity (Wildman–Crippen MR) is 219 cm³/mol. The minimum absolute atomic E-state index is 0. The molecule has 2 aliphatic heterocycles. The Kier molecular flexibility index (Phi) is 25.9. The molecule has 0 aromatic carbocycles. The van der Waals surface area contributed by atoms with Crippen LogP contribution < -0.4 is 143 Å². The van der Waals surface area contributed by atoms with Gasteiger partial charge >= 0.3 is 138 Å². The molecule has 1 aliphatic carbocycles. The van der Waals surface area contributed by atoms with Gasteiger partial charge in [-0.3, -0.25) is 14.8 Å². The number of carbonyl (C=O) groups excluding carboxylic acids is 1. The normalized spacial score (nSPS) is 15.4. The number of nitrogens with zero attached hydrogens (tertiary/aromatic N) is 8. The fourth-order valence-electron chi connectivity index (χ4n) is 5.87. The molecule has 6 heterocycles. The first-order valence-corrected chi connectivity index (χ1v) is 23.8. The maximum absolute atomic E-state index is 12.7. The number of nitriles is 2. The summed E-state index contributed by atoms with van der Waals surface area (Å²) in [6.45, 7) is 4.99. The molecule has 0 atom stereocenters. The molecule has 3 aliphatic rings. The van der Waals surface area contributed by atoms with Crippen LogP contribution in [0, 0.1) is 22.7 Å². The second-order valence-corrected chi connectivity index (χ2v) is 19.0. The molecule has 3 fully saturated rings. The van der Waals surface area contributed by atoms with Gasteiger partial charge in [0.2, 0.25) is 12.6 Å². The zero-order chi connectivity index (χ0) is 44.1. The molecule has 19 nitrogen and oxygen atoms in total. The van der Waals surface area contributed by atoms with Gasteiger partial charge in [0.25, 0.3) is 6.47 Å². The number of hydrogen-bond acceptors (Lipinski definition) is 17. The van der Waals surface area contributed by atoms with Gasteiger partial charge in [-0.2, -0.15) is 10.5 Å². The van der Waals surface area contributed by atoms with Crippen molar-refractivity contribution in [1.82, 2.24) is 29.1 Å². The van der Waals surface area contributed by atoms with E-state index in [-0.39, 0.29) is 185 Å². The number of sulfone groups is 2. The fourth-order valence-corrected chi connectivity index (χ4v) is 8.01. The van der Waals surface area contributed by atoms with Gasteiger partial charge in [0, 0.05) is 37.1 Å². The Bertz CT molecular complexity index is 2420. The number of alkyl halides is 2. The van der Waals surface area contributed by atoms with Crippen molar-refractivity contribution in [2.45, 2.75) is 60.9 Å². The number of rotatable bonds is 12. The average Bonchev–Trinajstić information content (AvgIpc) is 3.75. The number of carbonyl (C=O) groups is 1. The number of hydrogen-bond donors (Lipinski definition) is 0. The minimum atomic E-state index is -3.55. The van der Waals surface area contributed by atoms with Crippen LogP contribution in [0.5, 0.6) is 0 Å². The van der Waals surface area contributed by atoms with Crippen LogP contribution in [-0.2, 0) is 74.2 Å². The Morgan fingerprint density at radius 2 is 1.23 bits per heavy atom. The first-order chi connectivity index (χ1) is 28.7. The Balaban J connectivity index is 0.000000518. The molecule has 0 N–H and O–H groups in total. The molecule has 0 unspecified atom stereocenters. The topological polar surface area (TPSA) is 264 Å². The molecule has 2 saturated heterocycles. The number of halogens is 2. The Hall–Kier alpha value is -0.0661. The third-order valence-corrected chi connectivity index (χ3v) is 14.6. The zero-order valence-electron chi connectivity index (χ0n) is 36.1. The quantitative estimate of drug-likeness (QED) is 0.0619. The summed E-state index contributed by atoms with van der Waals surface area (Å²) in [7, 11) is -3.55. The smallest absolute Gasteiger partial charge is 1.00 e. The first-order valence-electron chi connectivity index (χ1n) is 18.3. The summed E-state index contributed by atoms with van der Waals surface area (Å²) in [4.78, 5) is 28.9. The van der Waals surface area contributed by atoms with E-state index in [1.165, 1.54) is 12.3 Å². The molecule has 0 bridgehead atoms. The van der Waals surface area contributed by atoms with Crippen LogP contribution in [-0.4, -0.2) is 101 Å². The maximum Gasteiger partial charge on any atom is 1.00 e. The molecule has 25 heteroatoms. The summed E-state index contributed by atoms with van der Waals surface area (Å²) < 4.78 is 76.0. The third kappa shape index (κ3) is 14.7. The predicted octanol–water partition coefficient (Wildman–Crippen LogP) is -2.41. The summed E-state index contributed by atoms with van der Waals surface area (Å²) >= 11 is 6.40. The van der Waals surface area contributed by atoms with E-state index in [4.69, 9.17) is 34.3 Å². The van der Waals surface area contributed by atoms with Crippen LogP contribution in [0.25, 0.3) is 23.0 Å². The van der Waals surface area contributed by atoms with Crippen molar-refractivity contribution in [2.75, 3.05) is 48.6 Å². The van der Waals surface area contributed by atoms with Crippen LogP contribution >= 0.6 is 31.9 Å². The van der Waals surface area contributed by atoms with E-state index >= 15 is 0 Å². The van der Waals surface area contributed by atoms with Crippen LogP contribution in [0.1, 0.15) is 63.2 Å². The molecular weight excluding hydrogens is 1220 g/mol. The van der Waals surface area contributed by atoms with E-state index in [2.05, 4.69) is 62.8 Å². The molecular formula is C37H44Br2Cs2N8O11S2. The summed E-state index contributed by atoms with van der Waals surface area (Å²) in [5.74, 6) is 0.704. The molecule has 0 spiro atoms. The van der Waals surface area contributed by atoms with Gasteiger partial charge in [0.05, 0.1) is 95.5 Å². The van der Waals surface area contributed by atoms with Gasteiger partial charge in [0.1, 0.15) is 11.4 Å². The van der Waals surface area contributed by atoms with E-state index in [1.807, 2.05) is 6.07 Å². The van der Waals surface area contributed by atoms with E-state index in [1.54, 1.807) is 61.7 Å². The molecule has 0 radical (unpaired) electrons. The average molecular weight is 1270 g/mol. The maximum atomic E-state index is 12.7. The number of aromatic nitrogens is 6. The summed E-state index contributed by atoms with van der Waals surface area (Å²) in [5.41, 5.74) is 2.52. The molecule has 62 heavy (non-hydrogen) atoms. The van der Waals surface area contributed by atoms with E-state index < -0.39 is 37.7 Å². The standard InChI is InChI=1S/C18H20N4O4S.C16H18N4O4S.C2H4Br2.CH2O3.2Cs.H/c1-3-27(23,24)14-8-12(18(11-19)4-5-18)9-20-15(14)16-21-10-13(22(16)2)17-25-6-7-26-17;1-3-25(21,22)13-8-11(4-5-17)9-18-14(13)15-19-10-12(20(15)2)16-23-6-7-24-16;3-1-2-4;2-1-4-3;;;/h8-10,17H,3-7H2,1-2H3;8-10,16H,3-4,6-7H2,1-2H3;1-2H2;1,3H;;;/q;;;;2*+1;-1/p-1. The zero-order valence-corrected chi connectivity index (χ0v) is 52.5. The van der Waals surface area contributed by atoms with Gasteiger partial charge in [-0.1, -0.05) is 45.7 Å². The van der Waals surface area contributed by atoms with Crippen molar-refractivity contribution in [2.24, 2.45) is 14.1 Å². The van der Waals surface area contributed by atoms with Gasteiger partial charge in [-0.25, -0.2) is 26.8 Å². The van der Waals surface area contributed by atoms with Crippen LogP contribution in [0.3, 0.4) is 0 Å². The van der Waals surface area contributed by atoms with E-state index in [9.17, 15) is 22.1 Å². The SMILES string of the molecule is BrCCBr.CCS(=O)(=O)c1cc(C2(C#N)CC2)cnc1-c1ncc(C2OCCO2)n1C.CCS(=O)(=O)c1cc(CC#N)cnc1-c1ncc(C2OCCO2)n1C.O=CO[O-].[Cs+].[Cs+].[H-]. The van der Waals surface area contributed by atoms with Crippen molar-refractivity contribution in [1.29, 1.82) is 10.5 Å². The molecule has 1 saturated carbocycles. The molecule has 326 valence electrons. The molecule has 7 rings (SSSR count). The Morgan fingerprint density at radius 1 is 0.806 bits per heavy atom. The van der Waals surface area contributed by atoms with E-state index in [0.29, 0.717) is 60.6 Å². The van der Waals surface area contributed by atoms with Gasteiger partial charge in [-0.05, 0) is 36.1 Å². The molecule has 0 amide bonds.